The van der Waals surface area contributed by atoms with Gasteiger partial charge in [0.25, 0.3) is 0 Å². The summed E-state index contributed by atoms with van der Waals surface area (Å²) in [6.45, 7) is 3.60. The summed E-state index contributed by atoms with van der Waals surface area (Å²) in [5.74, 6) is 0. The van der Waals surface area contributed by atoms with Crippen LogP contribution in [0, 0.1) is 0 Å². The van der Waals surface area contributed by atoms with Gasteiger partial charge in [-0.15, -0.1) is 12.4 Å². The smallest absolute Gasteiger partial charge is 0.243 e. The van der Waals surface area contributed by atoms with Crippen molar-refractivity contribution < 1.29 is 8.42 Å². The fourth-order valence-corrected chi connectivity index (χ4v) is 4.36. The molecule has 0 saturated carbocycles. The van der Waals surface area contributed by atoms with Crippen molar-refractivity contribution in [2.24, 2.45) is 5.73 Å². The minimum Gasteiger partial charge on any atom is -0.329 e. The second kappa shape index (κ2) is 6.54. The lowest BCUT2D eigenvalue weighted by molar-refractivity contribution is 0.462. The molecule has 8 heteroatoms. The molecule has 0 saturated heterocycles. The maximum absolute atomic E-state index is 12.2. The zero-order valence-corrected chi connectivity index (χ0v) is 13.9. The van der Waals surface area contributed by atoms with Crippen LogP contribution in [0.25, 0.3) is 0 Å². The first-order chi connectivity index (χ1) is 7.69. The SMILES string of the molecule is CC(C)(CN)NS(=O)(=O)c1c(Cl)cccc1Br.Cl. The van der Waals surface area contributed by atoms with Crippen LogP contribution in [-0.4, -0.2) is 20.5 Å². The number of sulfonamides is 1. The highest BCUT2D eigenvalue weighted by Gasteiger charge is 2.28. The van der Waals surface area contributed by atoms with Crippen molar-refractivity contribution in [3.63, 3.8) is 0 Å². The Labute approximate surface area is 127 Å². The maximum atomic E-state index is 12.2. The largest absolute Gasteiger partial charge is 0.329 e. The number of nitrogens with two attached hydrogens (primary N) is 1. The van der Waals surface area contributed by atoms with Crippen LogP contribution in [0.15, 0.2) is 27.6 Å². The summed E-state index contributed by atoms with van der Waals surface area (Å²) in [4.78, 5) is 0.0307. The van der Waals surface area contributed by atoms with Crippen LogP contribution in [0.4, 0.5) is 0 Å². The molecule has 1 aromatic carbocycles. The van der Waals surface area contributed by atoms with E-state index in [-0.39, 0.29) is 28.9 Å². The van der Waals surface area contributed by atoms with Gasteiger partial charge in [0.1, 0.15) is 4.90 Å². The molecule has 104 valence electrons. The van der Waals surface area contributed by atoms with Gasteiger partial charge in [-0.1, -0.05) is 17.7 Å². The Morgan fingerprint density at radius 2 is 2.00 bits per heavy atom. The second-order valence-electron chi connectivity index (χ2n) is 4.24. The third-order valence-electron chi connectivity index (χ3n) is 2.11. The van der Waals surface area contributed by atoms with Gasteiger partial charge in [0.05, 0.1) is 5.02 Å². The van der Waals surface area contributed by atoms with Crippen molar-refractivity contribution in [1.82, 2.24) is 4.72 Å². The van der Waals surface area contributed by atoms with E-state index in [1.54, 1.807) is 26.0 Å². The van der Waals surface area contributed by atoms with Crippen molar-refractivity contribution in [2.75, 3.05) is 6.54 Å². The van der Waals surface area contributed by atoms with Gasteiger partial charge in [-0.05, 0) is 41.9 Å². The molecular formula is C10H15BrCl2N2O2S. The third kappa shape index (κ3) is 4.36. The number of benzene rings is 1. The summed E-state index contributed by atoms with van der Waals surface area (Å²) in [5.41, 5.74) is 4.77. The summed E-state index contributed by atoms with van der Waals surface area (Å²) >= 11 is 9.08. The highest BCUT2D eigenvalue weighted by atomic mass is 79.9. The molecule has 0 heterocycles. The average molecular weight is 378 g/mol. The number of halogens is 3. The molecule has 0 aromatic heterocycles. The summed E-state index contributed by atoms with van der Waals surface area (Å²) in [6.07, 6.45) is 0. The van der Waals surface area contributed by atoms with E-state index >= 15 is 0 Å². The summed E-state index contributed by atoms with van der Waals surface area (Å²) < 4.78 is 27.3. The fraction of sp³-hybridized carbons (Fsp3) is 0.400. The standard InChI is InChI=1S/C10H14BrClN2O2S.ClH/c1-10(2,6-13)14-17(15,16)9-7(11)4-3-5-8(9)12;/h3-5,14H,6,13H2,1-2H3;1H. The van der Waals surface area contributed by atoms with Crippen molar-refractivity contribution in [3.8, 4) is 0 Å². The number of hydrogen-bond donors (Lipinski definition) is 2. The van der Waals surface area contributed by atoms with E-state index in [1.807, 2.05) is 0 Å². The lowest BCUT2D eigenvalue weighted by Crippen LogP contribution is -2.48. The van der Waals surface area contributed by atoms with Crippen LogP contribution < -0.4 is 10.5 Å². The van der Waals surface area contributed by atoms with E-state index in [0.717, 1.165) is 0 Å². The molecule has 0 radical (unpaired) electrons. The van der Waals surface area contributed by atoms with E-state index in [1.165, 1.54) is 6.07 Å². The van der Waals surface area contributed by atoms with E-state index in [2.05, 4.69) is 20.7 Å². The van der Waals surface area contributed by atoms with Crippen LogP contribution in [-0.2, 0) is 10.0 Å². The van der Waals surface area contributed by atoms with Crippen molar-refractivity contribution >= 4 is 50.0 Å². The molecule has 0 unspecified atom stereocenters. The van der Waals surface area contributed by atoms with Crippen molar-refractivity contribution in [3.05, 3.63) is 27.7 Å². The first kappa shape index (κ1) is 18.1. The predicted octanol–water partition coefficient (Wildman–Crippen LogP) is 2.54. The number of hydrogen-bond acceptors (Lipinski definition) is 3. The van der Waals surface area contributed by atoms with E-state index < -0.39 is 15.6 Å². The Bertz CT molecular complexity index is 500. The second-order valence-corrected chi connectivity index (χ2v) is 7.13. The van der Waals surface area contributed by atoms with Gasteiger partial charge in [0, 0.05) is 16.6 Å². The molecular weight excluding hydrogens is 363 g/mol. The molecule has 3 N–H and O–H groups in total. The molecule has 0 fully saturated rings. The zero-order valence-electron chi connectivity index (χ0n) is 9.91. The van der Waals surface area contributed by atoms with Gasteiger partial charge >= 0.3 is 0 Å². The van der Waals surface area contributed by atoms with Crippen LogP contribution in [0.1, 0.15) is 13.8 Å². The fourth-order valence-electron chi connectivity index (χ4n) is 1.20. The van der Waals surface area contributed by atoms with Gasteiger partial charge in [-0.2, -0.15) is 0 Å². The predicted molar refractivity (Wildman–Crippen MR) is 79.9 cm³/mol. The first-order valence-corrected chi connectivity index (χ1v) is 7.53. The molecule has 18 heavy (non-hydrogen) atoms. The Morgan fingerprint density at radius 3 is 2.44 bits per heavy atom. The molecule has 0 bridgehead atoms. The van der Waals surface area contributed by atoms with Crippen LogP contribution in [0.2, 0.25) is 5.02 Å². The quantitative estimate of drug-likeness (QED) is 0.846. The first-order valence-electron chi connectivity index (χ1n) is 4.88. The number of rotatable bonds is 4. The Hall–Kier alpha value is 0.150. The van der Waals surface area contributed by atoms with Gasteiger partial charge in [-0.3, -0.25) is 0 Å². The van der Waals surface area contributed by atoms with Crippen LogP contribution in [0.5, 0.6) is 0 Å². The Kier molecular flexibility index (Phi) is 6.60. The highest BCUT2D eigenvalue weighted by molar-refractivity contribution is 9.10. The summed E-state index contributed by atoms with van der Waals surface area (Å²) in [5, 5.41) is 0.166. The lowest BCUT2D eigenvalue weighted by Gasteiger charge is -2.24. The van der Waals surface area contributed by atoms with Gasteiger partial charge < -0.3 is 5.73 Å². The Morgan fingerprint density at radius 1 is 1.44 bits per heavy atom. The maximum Gasteiger partial charge on any atom is 0.243 e. The molecule has 1 rings (SSSR count). The van der Waals surface area contributed by atoms with E-state index in [0.29, 0.717) is 4.47 Å². The van der Waals surface area contributed by atoms with Crippen molar-refractivity contribution in [2.45, 2.75) is 24.3 Å². The van der Waals surface area contributed by atoms with E-state index in [4.69, 9.17) is 17.3 Å². The van der Waals surface area contributed by atoms with Crippen molar-refractivity contribution in [1.29, 1.82) is 0 Å². The molecule has 0 amide bonds. The Balaban J connectivity index is 0.00000289. The molecule has 1 aromatic rings. The topological polar surface area (TPSA) is 72.2 Å². The molecule has 0 aliphatic heterocycles. The zero-order chi connectivity index (χ0) is 13.3. The number of nitrogens with one attached hydrogen (secondary N) is 1. The molecule has 4 nitrogen and oxygen atoms in total. The summed E-state index contributed by atoms with van der Waals surface area (Å²) in [7, 11) is -3.70. The summed E-state index contributed by atoms with van der Waals surface area (Å²) in [6, 6.07) is 4.81. The van der Waals surface area contributed by atoms with Gasteiger partial charge in [-0.25, -0.2) is 13.1 Å². The van der Waals surface area contributed by atoms with Crippen LogP contribution in [0.3, 0.4) is 0 Å². The monoisotopic (exact) mass is 376 g/mol. The molecule has 0 aliphatic rings. The highest BCUT2D eigenvalue weighted by Crippen LogP contribution is 2.29. The molecule has 0 spiro atoms. The van der Waals surface area contributed by atoms with Crippen LogP contribution >= 0.6 is 39.9 Å². The third-order valence-corrected chi connectivity index (χ3v) is 5.26. The van der Waals surface area contributed by atoms with E-state index in [9.17, 15) is 8.42 Å². The minimum atomic E-state index is -3.70. The molecule has 0 atom stereocenters. The van der Waals surface area contributed by atoms with Gasteiger partial charge in [0.2, 0.25) is 10.0 Å². The molecule has 0 aliphatic carbocycles. The average Bonchev–Trinajstić information content (AvgIpc) is 2.15. The van der Waals surface area contributed by atoms with Gasteiger partial charge in [0.15, 0.2) is 0 Å². The lowest BCUT2D eigenvalue weighted by atomic mass is 10.1. The normalized spacial score (nSPS) is 12.1. The minimum absolute atomic E-state index is 0.